The SMILES string of the molecule is COC(=O)c1c(OC2CCCC2)cc(=O)n2c1CCN(C(=O)c1cccc(OC)c1OC)CC2. The molecule has 9 heteroatoms. The van der Waals surface area contributed by atoms with Gasteiger partial charge in [-0.1, -0.05) is 6.07 Å². The van der Waals surface area contributed by atoms with Gasteiger partial charge < -0.3 is 28.4 Å². The van der Waals surface area contributed by atoms with Crippen molar-refractivity contribution in [3.8, 4) is 17.2 Å². The van der Waals surface area contributed by atoms with Crippen LogP contribution in [0.15, 0.2) is 29.1 Å². The van der Waals surface area contributed by atoms with Gasteiger partial charge >= 0.3 is 5.97 Å². The van der Waals surface area contributed by atoms with Crippen LogP contribution in [0, 0.1) is 0 Å². The van der Waals surface area contributed by atoms with Crippen molar-refractivity contribution in [3.63, 3.8) is 0 Å². The number of methoxy groups -OCH3 is 3. The molecule has 2 aromatic rings. The number of benzene rings is 1. The van der Waals surface area contributed by atoms with E-state index in [1.54, 1.807) is 27.7 Å². The number of pyridine rings is 1. The Morgan fingerprint density at radius 2 is 1.74 bits per heavy atom. The number of carbonyl (C=O) groups is 2. The first kappa shape index (κ1) is 23.7. The van der Waals surface area contributed by atoms with Crippen molar-refractivity contribution < 1.29 is 28.5 Å². The number of ether oxygens (including phenoxy) is 4. The van der Waals surface area contributed by atoms with E-state index in [4.69, 9.17) is 18.9 Å². The van der Waals surface area contributed by atoms with E-state index < -0.39 is 5.97 Å². The second kappa shape index (κ2) is 10.2. The van der Waals surface area contributed by atoms with Crippen molar-refractivity contribution in [3.05, 3.63) is 51.4 Å². The van der Waals surface area contributed by atoms with E-state index in [-0.39, 0.29) is 35.4 Å². The molecule has 0 bridgehead atoms. The molecule has 2 heterocycles. The van der Waals surface area contributed by atoms with Gasteiger partial charge in [0.2, 0.25) is 0 Å². The highest BCUT2D eigenvalue weighted by Gasteiger charge is 2.30. The van der Waals surface area contributed by atoms with Gasteiger partial charge in [-0.25, -0.2) is 4.79 Å². The molecule has 0 N–H and O–H groups in total. The minimum absolute atomic E-state index is 0.0183. The van der Waals surface area contributed by atoms with E-state index in [0.717, 1.165) is 25.7 Å². The van der Waals surface area contributed by atoms with Crippen LogP contribution in [-0.4, -0.2) is 61.9 Å². The molecule has 1 aliphatic heterocycles. The summed E-state index contributed by atoms with van der Waals surface area (Å²) >= 11 is 0. The van der Waals surface area contributed by atoms with Crippen LogP contribution in [0.5, 0.6) is 17.2 Å². The summed E-state index contributed by atoms with van der Waals surface area (Å²) in [6.07, 6.45) is 4.20. The summed E-state index contributed by atoms with van der Waals surface area (Å²) in [6, 6.07) is 6.51. The number of rotatable bonds is 6. The first-order valence-corrected chi connectivity index (χ1v) is 11.5. The van der Waals surface area contributed by atoms with Gasteiger partial charge in [-0.2, -0.15) is 0 Å². The number of esters is 1. The molecule has 4 rings (SSSR count). The van der Waals surface area contributed by atoms with Crippen molar-refractivity contribution >= 4 is 11.9 Å². The Morgan fingerprint density at radius 1 is 0.971 bits per heavy atom. The lowest BCUT2D eigenvalue weighted by Gasteiger charge is -2.22. The third kappa shape index (κ3) is 4.47. The molecule has 0 radical (unpaired) electrons. The maximum absolute atomic E-state index is 13.4. The van der Waals surface area contributed by atoms with Crippen molar-refractivity contribution in [1.82, 2.24) is 9.47 Å². The fraction of sp³-hybridized carbons (Fsp3) is 0.480. The summed E-state index contributed by atoms with van der Waals surface area (Å²) in [6.45, 7) is 0.866. The van der Waals surface area contributed by atoms with Gasteiger partial charge in [0.1, 0.15) is 11.3 Å². The summed E-state index contributed by atoms with van der Waals surface area (Å²) < 4.78 is 23.4. The van der Waals surface area contributed by atoms with E-state index in [2.05, 4.69) is 0 Å². The Hall–Kier alpha value is -3.49. The van der Waals surface area contributed by atoms with Crippen molar-refractivity contribution in [2.45, 2.75) is 44.8 Å². The average Bonchev–Trinajstić information content (AvgIpc) is 3.26. The molecular formula is C25H30N2O7. The lowest BCUT2D eigenvalue weighted by Crippen LogP contribution is -2.34. The largest absolute Gasteiger partial charge is 0.493 e. The molecule has 182 valence electrons. The topological polar surface area (TPSA) is 96.3 Å². The number of fused-ring (bicyclic) bond motifs is 1. The predicted octanol–water partition coefficient (Wildman–Crippen LogP) is 2.67. The van der Waals surface area contributed by atoms with Gasteiger partial charge in [-0.05, 0) is 37.8 Å². The number of carbonyl (C=O) groups excluding carboxylic acids is 2. The average molecular weight is 471 g/mol. The fourth-order valence-corrected chi connectivity index (χ4v) is 4.78. The smallest absolute Gasteiger partial charge is 0.343 e. The molecule has 0 spiro atoms. The highest BCUT2D eigenvalue weighted by atomic mass is 16.5. The normalized spacial score (nSPS) is 15.9. The molecule has 1 fully saturated rings. The molecule has 1 saturated carbocycles. The van der Waals surface area contributed by atoms with E-state index in [1.165, 1.54) is 27.4 Å². The van der Waals surface area contributed by atoms with Crippen LogP contribution in [0.1, 0.15) is 52.1 Å². The minimum atomic E-state index is -0.550. The van der Waals surface area contributed by atoms with Gasteiger partial charge in [0.05, 0.1) is 33.0 Å². The Bertz CT molecular complexity index is 1130. The van der Waals surface area contributed by atoms with Gasteiger partial charge in [-0.15, -0.1) is 0 Å². The monoisotopic (exact) mass is 470 g/mol. The minimum Gasteiger partial charge on any atom is -0.493 e. The number of hydrogen-bond donors (Lipinski definition) is 0. The molecule has 0 atom stereocenters. The molecule has 1 aromatic heterocycles. The molecule has 1 amide bonds. The Morgan fingerprint density at radius 3 is 2.41 bits per heavy atom. The zero-order valence-corrected chi connectivity index (χ0v) is 19.8. The van der Waals surface area contributed by atoms with Crippen LogP contribution >= 0.6 is 0 Å². The molecule has 0 unspecified atom stereocenters. The maximum Gasteiger partial charge on any atom is 0.343 e. The molecule has 1 aromatic carbocycles. The molecule has 34 heavy (non-hydrogen) atoms. The van der Waals surface area contributed by atoms with Crippen LogP contribution in [0.4, 0.5) is 0 Å². The zero-order chi connectivity index (χ0) is 24.2. The van der Waals surface area contributed by atoms with E-state index in [0.29, 0.717) is 42.3 Å². The van der Waals surface area contributed by atoms with Crippen molar-refractivity contribution in [1.29, 1.82) is 0 Å². The van der Waals surface area contributed by atoms with Crippen LogP contribution in [0.2, 0.25) is 0 Å². The summed E-state index contributed by atoms with van der Waals surface area (Å²) in [7, 11) is 4.31. The molecule has 9 nitrogen and oxygen atoms in total. The van der Waals surface area contributed by atoms with Crippen LogP contribution < -0.4 is 19.8 Å². The van der Waals surface area contributed by atoms with Crippen LogP contribution in [0.3, 0.4) is 0 Å². The number of nitrogens with zero attached hydrogens (tertiary/aromatic N) is 2. The summed E-state index contributed by atoms with van der Waals surface area (Å²) in [5.74, 6) is 0.301. The van der Waals surface area contributed by atoms with Gasteiger partial charge in [0, 0.05) is 37.8 Å². The third-order valence-corrected chi connectivity index (χ3v) is 6.50. The van der Waals surface area contributed by atoms with Crippen LogP contribution in [-0.2, 0) is 17.7 Å². The number of para-hydroxylation sites is 1. The molecular weight excluding hydrogens is 440 g/mol. The molecule has 0 saturated heterocycles. The predicted molar refractivity (Wildman–Crippen MR) is 124 cm³/mol. The number of amides is 1. The number of hydrogen-bond acceptors (Lipinski definition) is 7. The van der Waals surface area contributed by atoms with Crippen LogP contribution in [0.25, 0.3) is 0 Å². The van der Waals surface area contributed by atoms with Gasteiger partial charge in [-0.3, -0.25) is 9.59 Å². The van der Waals surface area contributed by atoms with E-state index in [9.17, 15) is 14.4 Å². The Kier molecular flexibility index (Phi) is 7.09. The second-order valence-corrected chi connectivity index (χ2v) is 8.42. The van der Waals surface area contributed by atoms with E-state index >= 15 is 0 Å². The highest BCUT2D eigenvalue weighted by Crippen LogP contribution is 2.33. The zero-order valence-electron chi connectivity index (χ0n) is 19.8. The van der Waals surface area contributed by atoms with Gasteiger partial charge in [0.25, 0.3) is 11.5 Å². The second-order valence-electron chi connectivity index (χ2n) is 8.42. The summed E-state index contributed by atoms with van der Waals surface area (Å²) in [5, 5.41) is 0. The fourth-order valence-electron chi connectivity index (χ4n) is 4.78. The Balaban J connectivity index is 1.66. The summed E-state index contributed by atoms with van der Waals surface area (Å²) in [4.78, 5) is 40.8. The first-order chi connectivity index (χ1) is 16.5. The highest BCUT2D eigenvalue weighted by molar-refractivity contribution is 5.98. The van der Waals surface area contributed by atoms with Gasteiger partial charge in [0.15, 0.2) is 11.5 Å². The lowest BCUT2D eigenvalue weighted by atomic mass is 10.1. The Labute approximate surface area is 198 Å². The van der Waals surface area contributed by atoms with Crippen molar-refractivity contribution in [2.24, 2.45) is 0 Å². The standard InChI is InChI=1S/C25H30N2O7/c1-31-19-10-6-9-17(23(19)32-2)24(29)26-12-11-18-22(25(30)33-3)20(34-16-7-4-5-8-16)15-21(28)27(18)14-13-26/h6,9-10,15-16H,4-5,7-8,11-14H2,1-3H3. The van der Waals surface area contributed by atoms with Crippen molar-refractivity contribution in [2.75, 3.05) is 34.4 Å². The number of aromatic nitrogens is 1. The summed E-state index contributed by atoms with van der Waals surface area (Å²) in [5.41, 5.74) is 0.907. The maximum atomic E-state index is 13.4. The molecule has 2 aliphatic rings. The molecule has 1 aliphatic carbocycles. The lowest BCUT2D eigenvalue weighted by molar-refractivity contribution is 0.0590. The third-order valence-electron chi connectivity index (χ3n) is 6.50. The van der Waals surface area contributed by atoms with E-state index in [1.807, 2.05) is 0 Å². The quantitative estimate of drug-likeness (QED) is 0.599. The first-order valence-electron chi connectivity index (χ1n) is 11.5.